The van der Waals surface area contributed by atoms with Gasteiger partial charge in [0.25, 0.3) is 0 Å². The summed E-state index contributed by atoms with van der Waals surface area (Å²) in [5.74, 6) is 0. The average Bonchev–Trinajstić information content (AvgIpc) is 2.73. The third kappa shape index (κ3) is 3.15. The maximum atomic E-state index is 4.48. The summed E-state index contributed by atoms with van der Waals surface area (Å²) in [7, 11) is 1.99. The Morgan fingerprint density at radius 3 is 2.82 bits per heavy atom. The van der Waals surface area contributed by atoms with Gasteiger partial charge in [-0.1, -0.05) is 6.07 Å². The topological polar surface area (TPSA) is 24.9 Å². The van der Waals surface area contributed by atoms with Gasteiger partial charge in [0.05, 0.1) is 15.5 Å². The van der Waals surface area contributed by atoms with E-state index >= 15 is 0 Å². The summed E-state index contributed by atoms with van der Waals surface area (Å²) in [4.78, 5) is 5.85. The Morgan fingerprint density at radius 1 is 1.41 bits per heavy atom. The fourth-order valence-corrected chi connectivity index (χ4v) is 3.39. The van der Waals surface area contributed by atoms with Crippen molar-refractivity contribution >= 4 is 27.3 Å². The van der Waals surface area contributed by atoms with Gasteiger partial charge < -0.3 is 5.32 Å². The van der Waals surface area contributed by atoms with Crippen LogP contribution in [0.3, 0.4) is 0 Å². The van der Waals surface area contributed by atoms with Crippen molar-refractivity contribution in [3.8, 4) is 0 Å². The first-order valence-corrected chi connectivity index (χ1v) is 7.14. The number of hydrogen-bond donors (Lipinski definition) is 1. The Hall–Kier alpha value is -0.710. The van der Waals surface area contributed by atoms with Crippen molar-refractivity contribution in [1.82, 2.24) is 10.3 Å². The lowest BCUT2D eigenvalue weighted by atomic mass is 10.0. The number of aromatic nitrogens is 1. The van der Waals surface area contributed by atoms with Crippen molar-refractivity contribution in [2.45, 2.75) is 19.4 Å². The van der Waals surface area contributed by atoms with Gasteiger partial charge in [0.1, 0.15) is 0 Å². The van der Waals surface area contributed by atoms with Crippen LogP contribution in [0.5, 0.6) is 0 Å². The van der Waals surface area contributed by atoms with Crippen LogP contribution in [0, 0.1) is 6.92 Å². The summed E-state index contributed by atoms with van der Waals surface area (Å²) < 4.78 is 1.18. The fourth-order valence-electron chi connectivity index (χ4n) is 1.86. The van der Waals surface area contributed by atoms with E-state index < -0.39 is 0 Å². The molecule has 0 aromatic carbocycles. The van der Waals surface area contributed by atoms with Crippen LogP contribution in [0.2, 0.25) is 0 Å². The summed E-state index contributed by atoms with van der Waals surface area (Å²) >= 11 is 5.28. The second-order valence-corrected chi connectivity index (χ2v) is 6.50. The summed E-state index contributed by atoms with van der Waals surface area (Å²) in [5.41, 5.74) is 2.38. The van der Waals surface area contributed by atoms with E-state index in [0.717, 1.165) is 12.1 Å². The third-order valence-electron chi connectivity index (χ3n) is 2.76. The van der Waals surface area contributed by atoms with Gasteiger partial charge in [-0.2, -0.15) is 0 Å². The van der Waals surface area contributed by atoms with Crippen molar-refractivity contribution < 1.29 is 0 Å². The molecule has 2 rings (SSSR count). The predicted molar refractivity (Wildman–Crippen MR) is 76.5 cm³/mol. The molecule has 0 spiro atoms. The van der Waals surface area contributed by atoms with Gasteiger partial charge >= 0.3 is 0 Å². The molecule has 0 amide bonds. The maximum absolute atomic E-state index is 4.48. The van der Waals surface area contributed by atoms with Crippen molar-refractivity contribution in [2.75, 3.05) is 7.05 Å². The van der Waals surface area contributed by atoms with Crippen molar-refractivity contribution in [1.29, 1.82) is 0 Å². The van der Waals surface area contributed by atoms with E-state index in [2.05, 4.69) is 51.4 Å². The zero-order valence-electron chi connectivity index (χ0n) is 9.90. The first-order valence-electron chi connectivity index (χ1n) is 5.53. The highest BCUT2D eigenvalue weighted by atomic mass is 79.9. The number of aryl methyl sites for hydroxylation is 1. The molecule has 0 saturated heterocycles. The Labute approximate surface area is 114 Å². The normalized spacial score (nSPS) is 12.6. The van der Waals surface area contributed by atoms with Crippen LogP contribution in [0.4, 0.5) is 0 Å². The predicted octanol–water partition coefficient (Wildman–Crippen LogP) is 3.72. The van der Waals surface area contributed by atoms with Gasteiger partial charge in [0, 0.05) is 17.5 Å². The lowest BCUT2D eigenvalue weighted by molar-refractivity contribution is 0.576. The molecule has 0 aliphatic rings. The number of nitrogens with one attached hydrogen (secondary N) is 1. The summed E-state index contributed by atoms with van der Waals surface area (Å²) in [6, 6.07) is 8.63. The Kier molecular flexibility index (Phi) is 4.31. The van der Waals surface area contributed by atoms with Gasteiger partial charge in [-0.25, -0.2) is 0 Å². The number of pyridine rings is 1. The molecule has 2 aromatic heterocycles. The van der Waals surface area contributed by atoms with Crippen LogP contribution in [-0.4, -0.2) is 12.0 Å². The molecule has 2 aromatic rings. The zero-order valence-corrected chi connectivity index (χ0v) is 12.3. The van der Waals surface area contributed by atoms with Gasteiger partial charge in [-0.05, 0) is 53.7 Å². The summed E-state index contributed by atoms with van der Waals surface area (Å²) in [5, 5.41) is 3.35. The molecule has 0 aliphatic carbocycles. The number of hydrogen-bond acceptors (Lipinski definition) is 3. The second kappa shape index (κ2) is 5.76. The number of halogens is 1. The highest BCUT2D eigenvalue weighted by Gasteiger charge is 2.14. The maximum Gasteiger partial charge on any atom is 0.0701 e. The fraction of sp³-hybridized carbons (Fsp3) is 0.308. The minimum atomic E-state index is 0.279. The SMILES string of the molecule is CNC(Cc1ccc(Br)s1)c1ncccc1C. The average molecular weight is 311 g/mol. The molecule has 0 aliphatic heterocycles. The van der Waals surface area contributed by atoms with Crippen LogP contribution in [0.25, 0.3) is 0 Å². The Morgan fingerprint density at radius 2 is 2.24 bits per heavy atom. The van der Waals surface area contributed by atoms with E-state index in [1.54, 1.807) is 11.3 Å². The highest BCUT2D eigenvalue weighted by molar-refractivity contribution is 9.11. The number of nitrogens with zero attached hydrogens (tertiary/aromatic N) is 1. The minimum Gasteiger partial charge on any atom is -0.311 e. The lowest BCUT2D eigenvalue weighted by Crippen LogP contribution is -2.20. The van der Waals surface area contributed by atoms with Crippen LogP contribution in [0.15, 0.2) is 34.2 Å². The van der Waals surface area contributed by atoms with Crippen LogP contribution in [-0.2, 0) is 6.42 Å². The first-order chi connectivity index (χ1) is 8.20. The molecule has 4 heteroatoms. The van der Waals surface area contributed by atoms with Gasteiger partial charge in [-0.15, -0.1) is 11.3 Å². The van der Waals surface area contributed by atoms with Crippen LogP contribution < -0.4 is 5.32 Å². The van der Waals surface area contributed by atoms with Gasteiger partial charge in [0.15, 0.2) is 0 Å². The molecule has 0 bridgehead atoms. The summed E-state index contributed by atoms with van der Waals surface area (Å²) in [6.45, 7) is 2.11. The largest absolute Gasteiger partial charge is 0.311 e. The van der Waals surface area contributed by atoms with Crippen molar-refractivity contribution in [3.63, 3.8) is 0 Å². The standard InChI is InChI=1S/C13H15BrN2S/c1-9-4-3-7-16-13(9)11(15-2)8-10-5-6-12(14)17-10/h3-7,11,15H,8H2,1-2H3. The molecule has 90 valence electrons. The van der Waals surface area contributed by atoms with Crippen molar-refractivity contribution in [2.24, 2.45) is 0 Å². The molecule has 0 radical (unpaired) electrons. The zero-order chi connectivity index (χ0) is 12.3. The Balaban J connectivity index is 2.20. The first kappa shape index (κ1) is 12.7. The van der Waals surface area contributed by atoms with Crippen LogP contribution in [0.1, 0.15) is 22.2 Å². The molecule has 0 fully saturated rings. The van der Waals surface area contributed by atoms with E-state index in [4.69, 9.17) is 0 Å². The second-order valence-electron chi connectivity index (χ2n) is 3.96. The lowest BCUT2D eigenvalue weighted by Gasteiger charge is -2.16. The molecule has 1 unspecified atom stereocenters. The minimum absolute atomic E-state index is 0.279. The molecule has 1 atom stereocenters. The van der Waals surface area contributed by atoms with E-state index in [9.17, 15) is 0 Å². The molecular weight excluding hydrogens is 296 g/mol. The Bertz CT molecular complexity index is 496. The third-order valence-corrected chi connectivity index (χ3v) is 4.41. The molecular formula is C13H15BrN2S. The molecule has 17 heavy (non-hydrogen) atoms. The smallest absolute Gasteiger partial charge is 0.0701 e. The number of thiophene rings is 1. The van der Waals surface area contributed by atoms with Crippen molar-refractivity contribution in [3.05, 3.63) is 50.4 Å². The molecule has 1 N–H and O–H groups in total. The van der Waals surface area contributed by atoms with Gasteiger partial charge in [0.2, 0.25) is 0 Å². The molecule has 2 nitrogen and oxygen atoms in total. The van der Waals surface area contributed by atoms with Gasteiger partial charge in [-0.3, -0.25) is 4.98 Å². The quantitative estimate of drug-likeness (QED) is 0.931. The molecule has 0 saturated carbocycles. The van der Waals surface area contributed by atoms with E-state index in [1.807, 2.05) is 19.3 Å². The highest BCUT2D eigenvalue weighted by Crippen LogP contribution is 2.27. The summed E-state index contributed by atoms with van der Waals surface area (Å²) in [6.07, 6.45) is 2.83. The number of rotatable bonds is 4. The monoisotopic (exact) mass is 310 g/mol. The van der Waals surface area contributed by atoms with E-state index in [0.29, 0.717) is 0 Å². The number of likely N-dealkylation sites (N-methyl/N-ethyl adjacent to an activating group) is 1. The molecule has 2 heterocycles. The van der Waals surface area contributed by atoms with Crippen LogP contribution >= 0.6 is 27.3 Å². The van der Waals surface area contributed by atoms with E-state index in [1.165, 1.54) is 14.2 Å². The van der Waals surface area contributed by atoms with E-state index in [-0.39, 0.29) is 6.04 Å².